The molecule has 1 aliphatic carbocycles. The van der Waals surface area contributed by atoms with E-state index in [1.165, 1.54) is 24.8 Å². The van der Waals surface area contributed by atoms with Gasteiger partial charge in [-0.1, -0.05) is 30.7 Å². The molecule has 2 heteroatoms. The Morgan fingerprint density at radius 3 is 2.41 bits per heavy atom. The first-order chi connectivity index (χ1) is 8.34. The van der Waals surface area contributed by atoms with Gasteiger partial charge in [0.05, 0.1) is 0 Å². The number of benzene rings is 1. The van der Waals surface area contributed by atoms with Crippen molar-refractivity contribution in [3.8, 4) is 11.1 Å². The third-order valence-corrected chi connectivity index (χ3v) is 3.64. The highest BCUT2D eigenvalue weighted by Gasteiger charge is 2.19. The van der Waals surface area contributed by atoms with Crippen molar-refractivity contribution in [1.29, 1.82) is 0 Å². The topological polar surface area (TPSA) is 38.9 Å². The minimum Gasteiger partial charge on any atom is -0.383 e. The van der Waals surface area contributed by atoms with Crippen molar-refractivity contribution >= 4 is 5.82 Å². The molecule has 0 radical (unpaired) electrons. The standard InChI is InChI=1S/C15H16N2/c16-15-14(5-2-10-17-15)13-8-6-12(7-9-13)11-3-1-4-11/h2,5-11H,1,3-4H2,(H2,16,17). The third-order valence-electron chi connectivity index (χ3n) is 3.64. The van der Waals surface area contributed by atoms with Crippen molar-refractivity contribution in [3.05, 3.63) is 48.2 Å². The van der Waals surface area contributed by atoms with Crippen LogP contribution in [-0.2, 0) is 0 Å². The van der Waals surface area contributed by atoms with Crippen LogP contribution in [0, 0.1) is 0 Å². The van der Waals surface area contributed by atoms with Crippen LogP contribution in [0.25, 0.3) is 11.1 Å². The highest BCUT2D eigenvalue weighted by Crippen LogP contribution is 2.37. The summed E-state index contributed by atoms with van der Waals surface area (Å²) in [4.78, 5) is 4.12. The Labute approximate surface area is 102 Å². The smallest absolute Gasteiger partial charge is 0.131 e. The van der Waals surface area contributed by atoms with Gasteiger partial charge in [-0.25, -0.2) is 4.98 Å². The Balaban J connectivity index is 1.91. The van der Waals surface area contributed by atoms with Crippen molar-refractivity contribution < 1.29 is 0 Å². The highest BCUT2D eigenvalue weighted by molar-refractivity contribution is 5.73. The van der Waals surface area contributed by atoms with Crippen LogP contribution in [0.15, 0.2) is 42.6 Å². The predicted octanol–water partition coefficient (Wildman–Crippen LogP) is 3.60. The van der Waals surface area contributed by atoms with E-state index in [9.17, 15) is 0 Å². The second kappa shape index (κ2) is 4.21. The number of aromatic nitrogens is 1. The molecule has 1 saturated carbocycles. The van der Waals surface area contributed by atoms with Gasteiger partial charge in [-0.05, 0) is 42.0 Å². The molecule has 2 nitrogen and oxygen atoms in total. The van der Waals surface area contributed by atoms with Gasteiger partial charge >= 0.3 is 0 Å². The Morgan fingerprint density at radius 1 is 1.06 bits per heavy atom. The van der Waals surface area contributed by atoms with E-state index in [-0.39, 0.29) is 0 Å². The lowest BCUT2D eigenvalue weighted by Crippen LogP contribution is -2.08. The molecule has 3 rings (SSSR count). The number of hydrogen-bond donors (Lipinski definition) is 1. The summed E-state index contributed by atoms with van der Waals surface area (Å²) in [5.41, 5.74) is 9.51. The van der Waals surface area contributed by atoms with Gasteiger partial charge in [-0.15, -0.1) is 0 Å². The van der Waals surface area contributed by atoms with Crippen molar-refractivity contribution in [2.75, 3.05) is 5.73 Å². The maximum Gasteiger partial charge on any atom is 0.131 e. The number of hydrogen-bond acceptors (Lipinski definition) is 2. The molecular weight excluding hydrogens is 208 g/mol. The molecule has 1 aromatic heterocycles. The Bertz CT molecular complexity index is 513. The lowest BCUT2D eigenvalue weighted by Gasteiger charge is -2.25. The largest absolute Gasteiger partial charge is 0.383 e. The molecule has 1 aliphatic rings. The van der Waals surface area contributed by atoms with Crippen LogP contribution < -0.4 is 5.73 Å². The van der Waals surface area contributed by atoms with E-state index in [1.54, 1.807) is 6.20 Å². The van der Waals surface area contributed by atoms with Gasteiger partial charge in [-0.3, -0.25) is 0 Å². The van der Waals surface area contributed by atoms with Gasteiger partial charge in [0.25, 0.3) is 0 Å². The molecule has 0 bridgehead atoms. The molecule has 86 valence electrons. The maximum atomic E-state index is 5.88. The summed E-state index contributed by atoms with van der Waals surface area (Å²) in [5, 5.41) is 0. The van der Waals surface area contributed by atoms with E-state index >= 15 is 0 Å². The molecular formula is C15H16N2. The van der Waals surface area contributed by atoms with Gasteiger partial charge in [-0.2, -0.15) is 0 Å². The zero-order valence-electron chi connectivity index (χ0n) is 9.76. The Kier molecular flexibility index (Phi) is 2.56. The molecule has 1 aromatic carbocycles. The van der Waals surface area contributed by atoms with E-state index in [0.717, 1.165) is 17.0 Å². The molecule has 17 heavy (non-hydrogen) atoms. The fraction of sp³-hybridized carbons (Fsp3) is 0.267. The molecule has 1 fully saturated rings. The van der Waals surface area contributed by atoms with E-state index in [1.807, 2.05) is 12.1 Å². The first-order valence-electron chi connectivity index (χ1n) is 6.15. The summed E-state index contributed by atoms with van der Waals surface area (Å²) in [5.74, 6) is 1.39. The van der Waals surface area contributed by atoms with Crippen LogP contribution in [0.3, 0.4) is 0 Å². The fourth-order valence-electron chi connectivity index (χ4n) is 2.34. The van der Waals surface area contributed by atoms with Crippen molar-refractivity contribution in [3.63, 3.8) is 0 Å². The van der Waals surface area contributed by atoms with Crippen LogP contribution in [0.4, 0.5) is 5.82 Å². The van der Waals surface area contributed by atoms with Crippen molar-refractivity contribution in [1.82, 2.24) is 4.98 Å². The monoisotopic (exact) mass is 224 g/mol. The lowest BCUT2D eigenvalue weighted by molar-refractivity contribution is 0.420. The number of nitrogens with two attached hydrogens (primary N) is 1. The molecule has 0 unspecified atom stereocenters. The fourth-order valence-corrected chi connectivity index (χ4v) is 2.34. The first-order valence-corrected chi connectivity index (χ1v) is 6.15. The van der Waals surface area contributed by atoms with Crippen LogP contribution in [0.5, 0.6) is 0 Å². The zero-order chi connectivity index (χ0) is 11.7. The average molecular weight is 224 g/mol. The first kappa shape index (κ1) is 10.3. The average Bonchev–Trinajstić information content (AvgIpc) is 2.29. The summed E-state index contributed by atoms with van der Waals surface area (Å²) >= 11 is 0. The molecule has 1 heterocycles. The number of nitrogen functional groups attached to an aromatic ring is 1. The highest BCUT2D eigenvalue weighted by atomic mass is 14.8. The van der Waals surface area contributed by atoms with Crippen LogP contribution >= 0.6 is 0 Å². The number of rotatable bonds is 2. The van der Waals surface area contributed by atoms with Gasteiger partial charge in [0.1, 0.15) is 5.82 Å². The van der Waals surface area contributed by atoms with E-state index in [0.29, 0.717) is 5.82 Å². The zero-order valence-corrected chi connectivity index (χ0v) is 9.76. The SMILES string of the molecule is Nc1ncccc1-c1ccc(C2CCC2)cc1. The molecule has 0 aliphatic heterocycles. The van der Waals surface area contributed by atoms with Gasteiger partial charge < -0.3 is 5.73 Å². The summed E-state index contributed by atoms with van der Waals surface area (Å²) in [6.07, 6.45) is 5.78. The van der Waals surface area contributed by atoms with E-state index in [4.69, 9.17) is 5.73 Å². The number of pyridine rings is 1. The Morgan fingerprint density at radius 2 is 1.82 bits per heavy atom. The predicted molar refractivity (Wildman–Crippen MR) is 70.7 cm³/mol. The third kappa shape index (κ3) is 1.91. The maximum absolute atomic E-state index is 5.88. The van der Waals surface area contributed by atoms with E-state index in [2.05, 4.69) is 29.2 Å². The van der Waals surface area contributed by atoms with Crippen LogP contribution in [-0.4, -0.2) is 4.98 Å². The molecule has 0 amide bonds. The number of anilines is 1. The summed E-state index contributed by atoms with van der Waals surface area (Å²) in [6.45, 7) is 0. The number of nitrogens with zero attached hydrogens (tertiary/aromatic N) is 1. The van der Waals surface area contributed by atoms with Crippen LogP contribution in [0.2, 0.25) is 0 Å². The summed E-state index contributed by atoms with van der Waals surface area (Å²) in [6, 6.07) is 12.7. The van der Waals surface area contributed by atoms with Crippen LogP contribution in [0.1, 0.15) is 30.7 Å². The van der Waals surface area contributed by atoms with Crippen molar-refractivity contribution in [2.45, 2.75) is 25.2 Å². The minimum atomic E-state index is 0.601. The molecule has 2 aromatic rings. The van der Waals surface area contributed by atoms with Gasteiger partial charge in [0.15, 0.2) is 0 Å². The molecule has 0 atom stereocenters. The molecule has 2 N–H and O–H groups in total. The van der Waals surface area contributed by atoms with Gasteiger partial charge in [0.2, 0.25) is 0 Å². The second-order valence-electron chi connectivity index (χ2n) is 4.69. The van der Waals surface area contributed by atoms with Gasteiger partial charge in [0, 0.05) is 11.8 Å². The quantitative estimate of drug-likeness (QED) is 0.846. The second-order valence-corrected chi connectivity index (χ2v) is 4.69. The normalized spacial score (nSPS) is 15.5. The molecule has 0 spiro atoms. The molecule has 0 saturated heterocycles. The van der Waals surface area contributed by atoms with Crippen molar-refractivity contribution in [2.24, 2.45) is 0 Å². The minimum absolute atomic E-state index is 0.601. The summed E-state index contributed by atoms with van der Waals surface area (Å²) < 4.78 is 0. The summed E-state index contributed by atoms with van der Waals surface area (Å²) in [7, 11) is 0. The Hall–Kier alpha value is -1.83. The van der Waals surface area contributed by atoms with E-state index < -0.39 is 0 Å². The lowest BCUT2D eigenvalue weighted by atomic mass is 9.80.